The van der Waals surface area contributed by atoms with E-state index in [1.807, 2.05) is 25.1 Å². The number of carbonyl (C=O) groups excluding carboxylic acids is 2. The summed E-state index contributed by atoms with van der Waals surface area (Å²) in [7, 11) is 0. The molecule has 3 aromatic rings. The maximum atomic E-state index is 11.9. The normalized spacial score (nSPS) is 10.8. The van der Waals surface area contributed by atoms with Crippen LogP contribution in [0.25, 0.3) is 11.5 Å². The number of aryl methyl sites for hydroxylation is 2. The molecule has 2 amide bonds. The van der Waals surface area contributed by atoms with Crippen molar-refractivity contribution < 1.29 is 33.4 Å². The van der Waals surface area contributed by atoms with Gasteiger partial charge in [-0.1, -0.05) is 6.07 Å². The van der Waals surface area contributed by atoms with E-state index >= 15 is 0 Å². The number of hydrogen-bond acceptors (Lipinski definition) is 7. The lowest BCUT2D eigenvalue weighted by Crippen LogP contribution is -2.26. The predicted molar refractivity (Wildman–Crippen MR) is 141 cm³/mol. The Hall–Kier alpha value is -4.34. The van der Waals surface area contributed by atoms with Crippen molar-refractivity contribution in [3.05, 3.63) is 65.0 Å². The van der Waals surface area contributed by atoms with E-state index in [-0.39, 0.29) is 25.0 Å². The van der Waals surface area contributed by atoms with E-state index in [0.717, 1.165) is 22.4 Å². The molecular formula is C28H33N3O7. The summed E-state index contributed by atoms with van der Waals surface area (Å²) in [6, 6.07) is 12.6. The van der Waals surface area contributed by atoms with E-state index < -0.39 is 12.1 Å². The summed E-state index contributed by atoms with van der Waals surface area (Å²) in [6.07, 6.45) is 0.0256. The minimum Gasteiger partial charge on any atom is -0.493 e. The molecule has 38 heavy (non-hydrogen) atoms. The van der Waals surface area contributed by atoms with Crippen LogP contribution in [0.2, 0.25) is 0 Å². The standard InChI is InChI=1S/C28H33N3O7/c1-17(2)37-28(35)29-16-22-15-24(11-7-20(22)8-12-26(33)34)36-14-13-25-18(3)38-27(31-25)21-5-9-23(10-6-21)30-19(4)32/h5-7,9-11,15,17H,8,12-14,16H2,1-4H3,(H,29,35)(H,30,32)(H,33,34). The van der Waals surface area contributed by atoms with E-state index in [0.29, 0.717) is 42.5 Å². The van der Waals surface area contributed by atoms with Gasteiger partial charge in [0.25, 0.3) is 0 Å². The second kappa shape index (κ2) is 13.3. The minimum atomic E-state index is -0.894. The number of benzene rings is 2. The summed E-state index contributed by atoms with van der Waals surface area (Å²) in [5.74, 6) is 0.727. The molecule has 0 aliphatic carbocycles. The maximum Gasteiger partial charge on any atom is 0.407 e. The van der Waals surface area contributed by atoms with Crippen molar-refractivity contribution in [3.8, 4) is 17.2 Å². The third-order valence-corrected chi connectivity index (χ3v) is 5.50. The Labute approximate surface area is 221 Å². The Kier molecular flexibility index (Phi) is 9.86. The van der Waals surface area contributed by atoms with Crippen molar-refractivity contribution in [2.45, 2.75) is 59.6 Å². The Balaban J connectivity index is 1.63. The van der Waals surface area contributed by atoms with Crippen LogP contribution in [0.15, 0.2) is 46.9 Å². The van der Waals surface area contributed by atoms with Crippen LogP contribution >= 0.6 is 0 Å². The highest BCUT2D eigenvalue weighted by molar-refractivity contribution is 5.88. The van der Waals surface area contributed by atoms with Crippen LogP contribution in [0, 0.1) is 6.92 Å². The number of hydrogen-bond donors (Lipinski definition) is 3. The lowest BCUT2D eigenvalue weighted by Gasteiger charge is -2.14. The smallest absolute Gasteiger partial charge is 0.407 e. The van der Waals surface area contributed by atoms with Gasteiger partial charge in [-0.3, -0.25) is 9.59 Å². The number of carboxylic acid groups (broad SMARTS) is 1. The van der Waals surface area contributed by atoms with Crippen LogP contribution in [0.5, 0.6) is 5.75 Å². The summed E-state index contributed by atoms with van der Waals surface area (Å²) in [4.78, 5) is 38.8. The number of nitrogens with one attached hydrogen (secondary N) is 2. The van der Waals surface area contributed by atoms with Gasteiger partial charge in [-0.25, -0.2) is 9.78 Å². The zero-order valence-corrected chi connectivity index (χ0v) is 22.0. The van der Waals surface area contributed by atoms with Crippen molar-refractivity contribution in [2.24, 2.45) is 0 Å². The Morgan fingerprint density at radius 2 is 1.79 bits per heavy atom. The number of rotatable bonds is 12. The van der Waals surface area contributed by atoms with Gasteiger partial charge in [-0.05, 0) is 74.7 Å². The van der Waals surface area contributed by atoms with Gasteiger partial charge < -0.3 is 29.6 Å². The van der Waals surface area contributed by atoms with Gasteiger partial charge >= 0.3 is 12.1 Å². The van der Waals surface area contributed by atoms with Crippen LogP contribution < -0.4 is 15.4 Å². The van der Waals surface area contributed by atoms with Gasteiger partial charge in [0.2, 0.25) is 11.8 Å². The topological polar surface area (TPSA) is 140 Å². The zero-order valence-electron chi connectivity index (χ0n) is 22.0. The van der Waals surface area contributed by atoms with Crippen molar-refractivity contribution in [1.29, 1.82) is 0 Å². The molecule has 0 aliphatic rings. The summed E-state index contributed by atoms with van der Waals surface area (Å²) in [5, 5.41) is 14.5. The molecule has 3 rings (SSSR count). The molecular weight excluding hydrogens is 490 g/mol. The van der Waals surface area contributed by atoms with Crippen molar-refractivity contribution >= 4 is 23.7 Å². The minimum absolute atomic E-state index is 0.0205. The maximum absolute atomic E-state index is 11.9. The van der Waals surface area contributed by atoms with Gasteiger partial charge in [-0.2, -0.15) is 0 Å². The molecule has 10 nitrogen and oxygen atoms in total. The molecule has 0 saturated carbocycles. The molecule has 0 radical (unpaired) electrons. The Morgan fingerprint density at radius 3 is 2.45 bits per heavy atom. The zero-order chi connectivity index (χ0) is 27.7. The number of aromatic nitrogens is 1. The summed E-state index contributed by atoms with van der Waals surface area (Å²) < 4.78 is 16.9. The summed E-state index contributed by atoms with van der Waals surface area (Å²) >= 11 is 0. The fraction of sp³-hybridized carbons (Fsp3) is 0.357. The number of carboxylic acids is 1. The molecule has 1 heterocycles. The number of ether oxygens (including phenoxy) is 2. The lowest BCUT2D eigenvalue weighted by molar-refractivity contribution is -0.137. The second-order valence-corrected chi connectivity index (χ2v) is 9.01. The molecule has 3 N–H and O–H groups in total. The average Bonchev–Trinajstić information content (AvgIpc) is 3.22. The molecule has 0 fully saturated rings. The molecule has 0 unspecified atom stereocenters. The first kappa shape index (κ1) is 28.2. The van der Waals surface area contributed by atoms with Crippen LogP contribution in [0.4, 0.5) is 10.5 Å². The van der Waals surface area contributed by atoms with Crippen LogP contribution in [0.3, 0.4) is 0 Å². The van der Waals surface area contributed by atoms with Crippen LogP contribution in [-0.4, -0.2) is 40.8 Å². The first-order valence-electron chi connectivity index (χ1n) is 12.4. The number of nitrogens with zero attached hydrogens (tertiary/aromatic N) is 1. The predicted octanol–water partition coefficient (Wildman–Crippen LogP) is 4.88. The summed E-state index contributed by atoms with van der Waals surface area (Å²) in [6.45, 7) is 7.34. The third-order valence-electron chi connectivity index (χ3n) is 5.50. The molecule has 0 spiro atoms. The van der Waals surface area contributed by atoms with Gasteiger partial charge in [0.15, 0.2) is 0 Å². The quantitative estimate of drug-likeness (QED) is 0.305. The van der Waals surface area contributed by atoms with Crippen LogP contribution in [-0.2, 0) is 33.7 Å². The first-order valence-corrected chi connectivity index (χ1v) is 12.4. The molecule has 0 aliphatic heterocycles. The monoisotopic (exact) mass is 523 g/mol. The molecule has 1 aromatic heterocycles. The Morgan fingerprint density at radius 1 is 1.05 bits per heavy atom. The largest absolute Gasteiger partial charge is 0.493 e. The van der Waals surface area contributed by atoms with Gasteiger partial charge in [0, 0.05) is 37.6 Å². The number of aliphatic carboxylic acids is 1. The Bertz CT molecular complexity index is 1270. The van der Waals surface area contributed by atoms with E-state index in [1.54, 1.807) is 38.1 Å². The lowest BCUT2D eigenvalue weighted by atomic mass is 10.0. The highest BCUT2D eigenvalue weighted by Gasteiger charge is 2.13. The molecule has 0 saturated heterocycles. The van der Waals surface area contributed by atoms with Crippen molar-refractivity contribution in [3.63, 3.8) is 0 Å². The number of amides is 2. The number of oxazole rings is 1. The van der Waals surface area contributed by atoms with Gasteiger partial charge in [0.1, 0.15) is 11.5 Å². The van der Waals surface area contributed by atoms with E-state index in [4.69, 9.17) is 19.0 Å². The highest BCUT2D eigenvalue weighted by atomic mass is 16.6. The SMILES string of the molecule is CC(=O)Nc1ccc(-c2nc(CCOc3ccc(CCC(=O)O)c(CNC(=O)OC(C)C)c3)c(C)o2)cc1. The van der Waals surface area contributed by atoms with Crippen molar-refractivity contribution in [2.75, 3.05) is 11.9 Å². The number of anilines is 1. The fourth-order valence-electron chi connectivity index (χ4n) is 3.71. The molecule has 2 aromatic carbocycles. The van der Waals surface area contributed by atoms with Gasteiger partial charge in [-0.15, -0.1) is 0 Å². The van der Waals surface area contributed by atoms with Crippen LogP contribution in [0.1, 0.15) is 49.8 Å². The molecule has 10 heteroatoms. The fourth-order valence-corrected chi connectivity index (χ4v) is 3.71. The van der Waals surface area contributed by atoms with Gasteiger partial charge in [0.05, 0.1) is 18.4 Å². The number of carbonyl (C=O) groups is 3. The van der Waals surface area contributed by atoms with E-state index in [2.05, 4.69) is 15.6 Å². The molecule has 202 valence electrons. The third kappa shape index (κ3) is 8.65. The first-order chi connectivity index (χ1) is 18.1. The van der Waals surface area contributed by atoms with E-state index in [1.165, 1.54) is 6.92 Å². The highest BCUT2D eigenvalue weighted by Crippen LogP contribution is 2.24. The van der Waals surface area contributed by atoms with Crippen molar-refractivity contribution in [1.82, 2.24) is 10.3 Å². The molecule has 0 bridgehead atoms. The second-order valence-electron chi connectivity index (χ2n) is 9.01. The molecule has 0 atom stereocenters. The van der Waals surface area contributed by atoms with E-state index in [9.17, 15) is 14.4 Å². The average molecular weight is 524 g/mol. The summed E-state index contributed by atoms with van der Waals surface area (Å²) in [5.41, 5.74) is 3.82. The number of alkyl carbamates (subject to hydrolysis) is 1.